The molecule has 1 atom stereocenters. The summed E-state index contributed by atoms with van der Waals surface area (Å²) in [5, 5.41) is 7.92. The van der Waals surface area contributed by atoms with Crippen molar-refractivity contribution < 1.29 is 23.9 Å². The van der Waals surface area contributed by atoms with Crippen LogP contribution in [0, 0.1) is 0 Å². The Balaban J connectivity index is 1.70. The number of ether oxygens (including phenoxy) is 2. The van der Waals surface area contributed by atoms with E-state index < -0.39 is 11.7 Å². The number of anilines is 1. The first kappa shape index (κ1) is 20.7. The smallest absolute Gasteiger partial charge is 0.408 e. The van der Waals surface area contributed by atoms with Crippen LogP contribution in [0.1, 0.15) is 39.2 Å². The van der Waals surface area contributed by atoms with Crippen LogP contribution in [0.2, 0.25) is 0 Å². The van der Waals surface area contributed by atoms with E-state index in [9.17, 15) is 14.4 Å². The monoisotopic (exact) mass is 377 g/mol. The molecule has 0 saturated carbocycles. The third-order valence-electron chi connectivity index (χ3n) is 3.73. The van der Waals surface area contributed by atoms with Crippen LogP contribution in [0.15, 0.2) is 24.3 Å². The first-order valence-corrected chi connectivity index (χ1v) is 8.98. The van der Waals surface area contributed by atoms with Gasteiger partial charge in [0, 0.05) is 18.8 Å². The zero-order chi connectivity index (χ0) is 19.9. The summed E-state index contributed by atoms with van der Waals surface area (Å²) in [7, 11) is 0. The normalized spacial score (nSPS) is 16.5. The van der Waals surface area contributed by atoms with Gasteiger partial charge in [0.25, 0.3) is 5.91 Å². The van der Waals surface area contributed by atoms with E-state index in [-0.39, 0.29) is 24.5 Å². The molecule has 2 rings (SSSR count). The summed E-state index contributed by atoms with van der Waals surface area (Å²) in [6.45, 7) is 6.03. The summed E-state index contributed by atoms with van der Waals surface area (Å²) in [6, 6.07) is 7.17. The SMILES string of the molecule is CC(C)(C)OC(=O)NCC(=O)NCc1ccc(NC(=O)C2CCCO2)cc1. The van der Waals surface area contributed by atoms with Crippen LogP contribution in [0.3, 0.4) is 0 Å². The molecule has 1 fully saturated rings. The zero-order valence-corrected chi connectivity index (χ0v) is 16.0. The molecule has 1 unspecified atom stereocenters. The second-order valence-corrected chi connectivity index (χ2v) is 7.32. The number of benzene rings is 1. The minimum atomic E-state index is -0.635. The standard InChI is InChI=1S/C19H27N3O5/c1-19(2,3)27-18(25)21-12-16(23)20-11-13-6-8-14(9-7-13)22-17(24)15-5-4-10-26-15/h6-9,15H,4-5,10-12H2,1-3H3,(H,20,23)(H,21,25)(H,22,24). The molecule has 8 heteroatoms. The maximum Gasteiger partial charge on any atom is 0.408 e. The molecule has 1 aromatic rings. The Morgan fingerprint density at radius 2 is 1.85 bits per heavy atom. The molecule has 148 valence electrons. The Morgan fingerprint density at radius 1 is 1.15 bits per heavy atom. The molecule has 1 heterocycles. The van der Waals surface area contributed by atoms with E-state index in [2.05, 4.69) is 16.0 Å². The second-order valence-electron chi connectivity index (χ2n) is 7.32. The van der Waals surface area contributed by atoms with Gasteiger partial charge < -0.3 is 25.4 Å². The van der Waals surface area contributed by atoms with Crippen LogP contribution in [-0.2, 0) is 25.6 Å². The first-order valence-electron chi connectivity index (χ1n) is 8.98. The van der Waals surface area contributed by atoms with Crippen molar-refractivity contribution in [1.29, 1.82) is 0 Å². The number of alkyl carbamates (subject to hydrolysis) is 1. The van der Waals surface area contributed by atoms with Gasteiger partial charge in [0.15, 0.2) is 0 Å². The van der Waals surface area contributed by atoms with Crippen LogP contribution < -0.4 is 16.0 Å². The maximum absolute atomic E-state index is 12.0. The average Bonchev–Trinajstić information content (AvgIpc) is 3.12. The van der Waals surface area contributed by atoms with Crippen molar-refractivity contribution in [2.24, 2.45) is 0 Å². The van der Waals surface area contributed by atoms with E-state index in [4.69, 9.17) is 9.47 Å². The topological polar surface area (TPSA) is 106 Å². The molecule has 8 nitrogen and oxygen atoms in total. The van der Waals surface area contributed by atoms with Crippen molar-refractivity contribution in [2.45, 2.75) is 51.9 Å². The fourth-order valence-electron chi connectivity index (χ4n) is 2.44. The van der Waals surface area contributed by atoms with E-state index in [1.165, 1.54) is 0 Å². The van der Waals surface area contributed by atoms with E-state index in [1.807, 2.05) is 12.1 Å². The van der Waals surface area contributed by atoms with Crippen molar-refractivity contribution in [3.63, 3.8) is 0 Å². The molecule has 0 aliphatic carbocycles. The van der Waals surface area contributed by atoms with Gasteiger partial charge in [-0.3, -0.25) is 9.59 Å². The molecule has 3 amide bonds. The van der Waals surface area contributed by atoms with Gasteiger partial charge >= 0.3 is 6.09 Å². The van der Waals surface area contributed by atoms with Gasteiger partial charge in [-0.2, -0.15) is 0 Å². The summed E-state index contributed by atoms with van der Waals surface area (Å²) in [6.07, 6.45) is 0.637. The van der Waals surface area contributed by atoms with Gasteiger partial charge in [-0.1, -0.05) is 12.1 Å². The molecule has 3 N–H and O–H groups in total. The van der Waals surface area contributed by atoms with Gasteiger partial charge in [0.05, 0.1) is 0 Å². The lowest BCUT2D eigenvalue weighted by atomic mass is 10.2. The minimum absolute atomic E-state index is 0.137. The van der Waals surface area contributed by atoms with E-state index in [1.54, 1.807) is 32.9 Å². The number of nitrogens with one attached hydrogen (secondary N) is 3. The fourth-order valence-corrected chi connectivity index (χ4v) is 2.44. The van der Waals surface area contributed by atoms with Crippen LogP contribution in [0.25, 0.3) is 0 Å². The van der Waals surface area contributed by atoms with Crippen molar-refractivity contribution in [3.8, 4) is 0 Å². The molecule has 1 aliphatic rings. The fraction of sp³-hybridized carbons (Fsp3) is 0.526. The highest BCUT2D eigenvalue weighted by molar-refractivity contribution is 5.94. The van der Waals surface area contributed by atoms with Crippen LogP contribution >= 0.6 is 0 Å². The quantitative estimate of drug-likeness (QED) is 0.703. The molecule has 0 bridgehead atoms. The molecule has 1 aromatic carbocycles. The van der Waals surface area contributed by atoms with E-state index >= 15 is 0 Å². The number of rotatable bonds is 6. The number of hydrogen-bond donors (Lipinski definition) is 3. The number of hydrogen-bond acceptors (Lipinski definition) is 5. The second kappa shape index (κ2) is 9.36. The Bertz CT molecular complexity index is 661. The molecular formula is C19H27N3O5. The van der Waals surface area contributed by atoms with Crippen LogP contribution in [0.4, 0.5) is 10.5 Å². The molecule has 0 spiro atoms. The van der Waals surface area contributed by atoms with Gasteiger partial charge in [0.1, 0.15) is 18.2 Å². The predicted molar refractivity (Wildman–Crippen MR) is 100 cm³/mol. The van der Waals surface area contributed by atoms with Gasteiger partial charge in [-0.25, -0.2) is 4.79 Å². The molecule has 1 saturated heterocycles. The number of carbonyl (C=O) groups excluding carboxylic acids is 3. The largest absolute Gasteiger partial charge is 0.444 e. The minimum Gasteiger partial charge on any atom is -0.444 e. The highest BCUT2D eigenvalue weighted by Crippen LogP contribution is 2.15. The third-order valence-corrected chi connectivity index (χ3v) is 3.73. The van der Waals surface area contributed by atoms with Crippen molar-refractivity contribution >= 4 is 23.6 Å². The van der Waals surface area contributed by atoms with E-state index in [0.717, 1.165) is 18.4 Å². The molecule has 0 aromatic heterocycles. The van der Waals surface area contributed by atoms with Crippen molar-refractivity contribution in [1.82, 2.24) is 10.6 Å². The summed E-state index contributed by atoms with van der Waals surface area (Å²) in [5.74, 6) is -0.460. The Morgan fingerprint density at radius 3 is 2.44 bits per heavy atom. The van der Waals surface area contributed by atoms with Crippen molar-refractivity contribution in [2.75, 3.05) is 18.5 Å². The van der Waals surface area contributed by atoms with Gasteiger partial charge in [0.2, 0.25) is 5.91 Å². The lowest BCUT2D eigenvalue weighted by Crippen LogP contribution is -2.39. The van der Waals surface area contributed by atoms with Gasteiger partial charge in [-0.15, -0.1) is 0 Å². The summed E-state index contributed by atoms with van der Waals surface area (Å²) >= 11 is 0. The first-order chi connectivity index (χ1) is 12.7. The van der Waals surface area contributed by atoms with Crippen LogP contribution in [0.5, 0.6) is 0 Å². The van der Waals surface area contributed by atoms with E-state index in [0.29, 0.717) is 18.8 Å². The molecular weight excluding hydrogens is 350 g/mol. The highest BCUT2D eigenvalue weighted by Gasteiger charge is 2.23. The van der Waals surface area contributed by atoms with Gasteiger partial charge in [-0.05, 0) is 51.3 Å². The number of carbonyl (C=O) groups is 3. The molecule has 0 radical (unpaired) electrons. The maximum atomic E-state index is 12.0. The summed E-state index contributed by atoms with van der Waals surface area (Å²) in [4.78, 5) is 35.3. The lowest BCUT2D eigenvalue weighted by molar-refractivity contribution is -0.124. The Hall–Kier alpha value is -2.61. The third kappa shape index (κ3) is 7.65. The van der Waals surface area contributed by atoms with Crippen LogP contribution in [-0.4, -0.2) is 42.8 Å². The Kier molecular flexibility index (Phi) is 7.18. The predicted octanol–water partition coefficient (Wildman–Crippen LogP) is 1.94. The lowest BCUT2D eigenvalue weighted by Gasteiger charge is -2.19. The molecule has 27 heavy (non-hydrogen) atoms. The Labute approximate surface area is 159 Å². The number of amides is 3. The highest BCUT2D eigenvalue weighted by atomic mass is 16.6. The summed E-state index contributed by atoms with van der Waals surface area (Å²) < 4.78 is 10.4. The average molecular weight is 377 g/mol. The zero-order valence-electron chi connectivity index (χ0n) is 16.0. The van der Waals surface area contributed by atoms with Crippen molar-refractivity contribution in [3.05, 3.63) is 29.8 Å². The summed E-state index contributed by atoms with van der Waals surface area (Å²) in [5.41, 5.74) is 0.939. The molecule has 1 aliphatic heterocycles.